The van der Waals surface area contributed by atoms with Crippen LogP contribution < -0.4 is 0 Å². The minimum atomic E-state index is 0. The van der Waals surface area contributed by atoms with Gasteiger partial charge in [-0.25, -0.2) is 5.26 Å². The monoisotopic (exact) mass is 119 g/mol. The van der Waals surface area contributed by atoms with Gasteiger partial charge in [0, 0.05) is 6.57 Å². The van der Waals surface area contributed by atoms with Gasteiger partial charge >= 0.3 is 0 Å². The van der Waals surface area contributed by atoms with E-state index in [0.717, 1.165) is 0 Å². The summed E-state index contributed by atoms with van der Waals surface area (Å²) in [5.74, 6) is 0. The Balaban J connectivity index is -0.0000000275. The SMILES string of the molecule is C#N.C[CH2][Al].Cl. The standard InChI is InChI=1S/C2H5.CHN.Al.ClH/c2*1-2;;/h1H2,2H3;1H;;1H. The van der Waals surface area contributed by atoms with E-state index in [2.05, 4.69) is 29.8 Å². The molecule has 6 heavy (non-hydrogen) atoms. The second-order valence-electron chi connectivity index (χ2n) is 0.408. The Morgan fingerprint density at radius 3 is 1.67 bits per heavy atom. The molecule has 0 atom stereocenters. The summed E-state index contributed by atoms with van der Waals surface area (Å²) in [5.41, 5.74) is 0. The van der Waals surface area contributed by atoms with Crippen molar-refractivity contribution in [3.8, 4) is 6.57 Å². The fourth-order valence-electron chi connectivity index (χ4n) is 0. The molecular formula is C3H7AlClN. The minimum absolute atomic E-state index is 0. The first-order valence-electron chi connectivity index (χ1n) is 1.37. The minimum Gasteiger partial charge on any atom is -0.202 e. The highest BCUT2D eigenvalue weighted by Crippen LogP contribution is 1.49. The molecule has 0 rings (SSSR count). The first kappa shape index (κ1) is 16.2. The van der Waals surface area contributed by atoms with Gasteiger partial charge in [-0.3, -0.25) is 0 Å². The van der Waals surface area contributed by atoms with Gasteiger partial charge in [0.15, 0.2) is 0 Å². The Bertz CT molecular complexity index is 22.0. The first-order valence-corrected chi connectivity index (χ1v) is 2.19. The molecule has 0 saturated heterocycles. The van der Waals surface area contributed by atoms with Crippen LogP contribution >= 0.6 is 12.4 Å². The topological polar surface area (TPSA) is 23.8 Å². The predicted octanol–water partition coefficient (Wildman–Crippen LogP) is 1.15. The van der Waals surface area contributed by atoms with Crippen molar-refractivity contribution in [3.63, 3.8) is 0 Å². The summed E-state index contributed by atoms with van der Waals surface area (Å²) in [6.45, 7) is 5.59. The smallest absolute Gasteiger partial charge is 0.117 e. The van der Waals surface area contributed by atoms with E-state index in [1.165, 1.54) is 5.28 Å². The van der Waals surface area contributed by atoms with Gasteiger partial charge in [0.2, 0.25) is 0 Å². The van der Waals surface area contributed by atoms with Crippen molar-refractivity contribution >= 4 is 28.7 Å². The maximum Gasteiger partial charge on any atom is 0.117 e. The van der Waals surface area contributed by atoms with Crippen LogP contribution in [0.5, 0.6) is 0 Å². The number of hydrogen-bond acceptors (Lipinski definition) is 1. The highest BCUT2D eigenvalue weighted by Gasteiger charge is 1.37. The normalized spacial score (nSPS) is 3.17. The fraction of sp³-hybridized carbons (Fsp3) is 0.667. The van der Waals surface area contributed by atoms with E-state index >= 15 is 0 Å². The highest BCUT2D eigenvalue weighted by atomic mass is 35.5. The largest absolute Gasteiger partial charge is 0.202 e. The van der Waals surface area contributed by atoms with Crippen molar-refractivity contribution in [2.75, 3.05) is 0 Å². The van der Waals surface area contributed by atoms with Crippen molar-refractivity contribution in [2.24, 2.45) is 0 Å². The third kappa shape index (κ3) is 485. The van der Waals surface area contributed by atoms with E-state index in [0.29, 0.717) is 0 Å². The van der Waals surface area contributed by atoms with E-state index < -0.39 is 0 Å². The molecule has 0 N–H and O–H groups in total. The number of halogens is 1. The molecule has 1 nitrogen and oxygen atoms in total. The molecule has 0 unspecified atom stereocenters. The van der Waals surface area contributed by atoms with Crippen molar-refractivity contribution < 1.29 is 0 Å². The zero-order valence-corrected chi connectivity index (χ0v) is 5.69. The maximum atomic E-state index is 6.50. The van der Waals surface area contributed by atoms with Gasteiger partial charge in [-0.1, -0.05) is 6.92 Å². The molecule has 3 heteroatoms. The van der Waals surface area contributed by atoms with E-state index in [9.17, 15) is 0 Å². The average Bonchev–Trinajstić information content (AvgIpc) is 1.46. The van der Waals surface area contributed by atoms with Gasteiger partial charge in [-0.05, 0) is 0 Å². The fourth-order valence-corrected chi connectivity index (χ4v) is 0. The molecule has 0 aromatic rings. The molecule has 0 aliphatic carbocycles. The third-order valence-electron chi connectivity index (χ3n) is 0. The lowest BCUT2D eigenvalue weighted by Crippen LogP contribution is -1.41. The lowest BCUT2D eigenvalue weighted by atomic mass is 11.0. The van der Waals surface area contributed by atoms with Crippen LogP contribution in [0.3, 0.4) is 0 Å². The predicted molar refractivity (Wildman–Crippen MR) is 30.2 cm³/mol. The van der Waals surface area contributed by atoms with Gasteiger partial charge in [0.1, 0.15) is 16.3 Å². The summed E-state index contributed by atoms with van der Waals surface area (Å²) in [5, 5.41) is 7.67. The quantitative estimate of drug-likeness (QED) is 0.439. The molecule has 0 aromatic heterocycles. The highest BCUT2D eigenvalue weighted by molar-refractivity contribution is 6.08. The lowest BCUT2D eigenvalue weighted by molar-refractivity contribution is 1.48. The molecule has 34 valence electrons. The average molecular weight is 120 g/mol. The van der Waals surface area contributed by atoms with Crippen molar-refractivity contribution in [1.29, 1.82) is 5.26 Å². The Labute approximate surface area is 53.2 Å². The van der Waals surface area contributed by atoms with Gasteiger partial charge < -0.3 is 0 Å². The number of nitrogens with zero attached hydrogens (tertiary/aromatic N) is 1. The van der Waals surface area contributed by atoms with E-state index in [4.69, 9.17) is 5.26 Å². The first-order chi connectivity index (χ1) is 2.41. The Hall–Kier alpha value is 0.312. The van der Waals surface area contributed by atoms with Crippen LogP contribution in [0.25, 0.3) is 0 Å². The van der Waals surface area contributed by atoms with Crippen molar-refractivity contribution in [2.45, 2.75) is 12.2 Å². The zero-order chi connectivity index (χ0) is 4.71. The number of nitriles is 1. The summed E-state index contributed by atoms with van der Waals surface area (Å²) < 4.78 is 0. The third-order valence-corrected chi connectivity index (χ3v) is 0. The zero-order valence-electron chi connectivity index (χ0n) is 3.72. The van der Waals surface area contributed by atoms with E-state index in [-0.39, 0.29) is 12.4 Å². The summed E-state index contributed by atoms with van der Waals surface area (Å²) in [4.78, 5) is 0. The molecule has 0 spiro atoms. The lowest BCUT2D eigenvalue weighted by Gasteiger charge is -1.47. The van der Waals surface area contributed by atoms with Gasteiger partial charge in [-0.15, -0.1) is 17.7 Å². The van der Waals surface area contributed by atoms with Crippen LogP contribution in [0.2, 0.25) is 5.28 Å². The molecule has 0 aliphatic heterocycles. The van der Waals surface area contributed by atoms with Crippen LogP contribution in [0.1, 0.15) is 6.92 Å². The molecule has 0 bridgehead atoms. The van der Waals surface area contributed by atoms with Crippen molar-refractivity contribution in [3.05, 3.63) is 0 Å². The van der Waals surface area contributed by atoms with Gasteiger partial charge in [-0.2, -0.15) is 0 Å². The van der Waals surface area contributed by atoms with Gasteiger partial charge in [0.25, 0.3) is 0 Å². The Morgan fingerprint density at radius 1 is 1.67 bits per heavy atom. The molecule has 0 saturated carbocycles. The summed E-state index contributed by atoms with van der Waals surface area (Å²) in [6.07, 6.45) is 0. The number of rotatable bonds is 0. The van der Waals surface area contributed by atoms with Crippen LogP contribution in [0.15, 0.2) is 0 Å². The molecule has 0 aliphatic rings. The van der Waals surface area contributed by atoms with E-state index in [1.54, 1.807) is 0 Å². The molecule has 0 aromatic carbocycles. The molecule has 0 heterocycles. The molecule has 2 radical (unpaired) electrons. The van der Waals surface area contributed by atoms with Gasteiger partial charge in [0.05, 0.1) is 0 Å². The summed E-state index contributed by atoms with van der Waals surface area (Å²) in [7, 11) is 0. The van der Waals surface area contributed by atoms with Crippen LogP contribution in [0.4, 0.5) is 0 Å². The number of hydrogen-bond donors (Lipinski definition) is 0. The molecular weight excluding hydrogens is 112 g/mol. The second-order valence-corrected chi connectivity index (χ2v) is 1.22. The van der Waals surface area contributed by atoms with E-state index in [1.807, 2.05) is 0 Å². The van der Waals surface area contributed by atoms with Crippen LogP contribution in [-0.4, -0.2) is 16.3 Å². The summed E-state index contributed by atoms with van der Waals surface area (Å²) >= 11 is 2.58. The molecule has 0 amide bonds. The Kier molecular flexibility index (Phi) is 155. The second kappa shape index (κ2) is 57.4. The van der Waals surface area contributed by atoms with Crippen LogP contribution in [-0.2, 0) is 0 Å². The van der Waals surface area contributed by atoms with Crippen molar-refractivity contribution in [1.82, 2.24) is 0 Å². The summed E-state index contributed by atoms with van der Waals surface area (Å²) in [6, 6.07) is 0. The maximum absolute atomic E-state index is 6.50. The Morgan fingerprint density at radius 2 is 1.67 bits per heavy atom. The molecule has 0 fully saturated rings. The van der Waals surface area contributed by atoms with Crippen LogP contribution in [0, 0.1) is 11.8 Å².